The average molecular weight is 295 g/mol. The highest BCUT2D eigenvalue weighted by Crippen LogP contribution is 2.16. The van der Waals surface area contributed by atoms with Gasteiger partial charge in [0.15, 0.2) is 0 Å². The second-order valence-electron chi connectivity index (χ2n) is 5.38. The van der Waals surface area contributed by atoms with Crippen molar-refractivity contribution in [2.75, 3.05) is 36.6 Å². The van der Waals surface area contributed by atoms with Crippen molar-refractivity contribution in [2.45, 2.75) is 6.92 Å². The van der Waals surface area contributed by atoms with Crippen molar-refractivity contribution in [3.63, 3.8) is 0 Å². The van der Waals surface area contributed by atoms with Crippen molar-refractivity contribution in [3.8, 4) is 0 Å². The van der Waals surface area contributed by atoms with E-state index in [2.05, 4.69) is 52.7 Å². The van der Waals surface area contributed by atoms with Crippen LogP contribution in [-0.4, -0.2) is 32.5 Å². The zero-order chi connectivity index (χ0) is 15.2. The Morgan fingerprint density at radius 1 is 1.05 bits per heavy atom. The van der Waals surface area contributed by atoms with E-state index in [9.17, 15) is 0 Å². The number of morpholine rings is 1. The van der Waals surface area contributed by atoms with E-state index >= 15 is 0 Å². The molecule has 0 unspecified atom stereocenters. The van der Waals surface area contributed by atoms with Gasteiger partial charge in [-0.3, -0.25) is 5.43 Å². The SMILES string of the molecule is Cc1ccccc1NN=Cc1ccc(N2CCOCC2)cc1. The summed E-state index contributed by atoms with van der Waals surface area (Å²) in [5.41, 5.74) is 7.62. The summed E-state index contributed by atoms with van der Waals surface area (Å²) in [6, 6.07) is 16.6. The molecule has 1 aliphatic rings. The molecule has 1 fully saturated rings. The van der Waals surface area contributed by atoms with Gasteiger partial charge >= 0.3 is 0 Å². The average Bonchev–Trinajstić information content (AvgIpc) is 2.58. The maximum Gasteiger partial charge on any atom is 0.0642 e. The molecule has 0 aliphatic carbocycles. The zero-order valence-corrected chi connectivity index (χ0v) is 12.8. The molecular formula is C18H21N3O. The lowest BCUT2D eigenvalue weighted by Crippen LogP contribution is -2.36. The standard InChI is InChI=1S/C18H21N3O/c1-15-4-2-3-5-18(15)20-19-14-16-6-8-17(9-7-16)21-10-12-22-13-11-21/h2-9,14,20H,10-13H2,1H3. The number of aryl methyl sites for hydroxylation is 1. The summed E-state index contributed by atoms with van der Waals surface area (Å²) in [5.74, 6) is 0. The summed E-state index contributed by atoms with van der Waals surface area (Å²) in [6.07, 6.45) is 1.84. The lowest BCUT2D eigenvalue weighted by molar-refractivity contribution is 0.122. The molecular weight excluding hydrogens is 274 g/mol. The van der Waals surface area contributed by atoms with Crippen LogP contribution in [0.1, 0.15) is 11.1 Å². The number of ether oxygens (including phenoxy) is 1. The van der Waals surface area contributed by atoms with Gasteiger partial charge in [0, 0.05) is 18.8 Å². The van der Waals surface area contributed by atoms with E-state index in [0.29, 0.717) is 0 Å². The van der Waals surface area contributed by atoms with E-state index in [-0.39, 0.29) is 0 Å². The van der Waals surface area contributed by atoms with Crippen LogP contribution in [0, 0.1) is 6.92 Å². The van der Waals surface area contributed by atoms with E-state index in [1.165, 1.54) is 11.3 Å². The molecule has 1 N–H and O–H groups in total. The predicted molar refractivity (Wildman–Crippen MR) is 91.9 cm³/mol. The third-order valence-electron chi connectivity index (χ3n) is 3.81. The molecule has 2 aromatic carbocycles. The number of benzene rings is 2. The molecule has 0 amide bonds. The van der Waals surface area contributed by atoms with Crippen LogP contribution in [0.15, 0.2) is 53.6 Å². The summed E-state index contributed by atoms with van der Waals surface area (Å²) in [7, 11) is 0. The summed E-state index contributed by atoms with van der Waals surface area (Å²) in [6.45, 7) is 5.60. The molecule has 4 heteroatoms. The fraction of sp³-hybridized carbons (Fsp3) is 0.278. The number of anilines is 2. The van der Waals surface area contributed by atoms with Crippen molar-refractivity contribution in [1.82, 2.24) is 0 Å². The van der Waals surface area contributed by atoms with Crippen LogP contribution in [0.4, 0.5) is 11.4 Å². The van der Waals surface area contributed by atoms with Gasteiger partial charge < -0.3 is 9.64 Å². The van der Waals surface area contributed by atoms with Gasteiger partial charge in [0.1, 0.15) is 0 Å². The summed E-state index contributed by atoms with van der Waals surface area (Å²) in [4.78, 5) is 2.34. The Labute approximate surface area is 131 Å². The van der Waals surface area contributed by atoms with Crippen molar-refractivity contribution in [2.24, 2.45) is 5.10 Å². The molecule has 4 nitrogen and oxygen atoms in total. The largest absolute Gasteiger partial charge is 0.378 e. The summed E-state index contributed by atoms with van der Waals surface area (Å²) >= 11 is 0. The zero-order valence-electron chi connectivity index (χ0n) is 12.8. The van der Waals surface area contributed by atoms with Gasteiger partial charge in [0.2, 0.25) is 0 Å². The number of hydrogen-bond acceptors (Lipinski definition) is 4. The van der Waals surface area contributed by atoms with Crippen LogP contribution in [0.2, 0.25) is 0 Å². The molecule has 1 aliphatic heterocycles. The fourth-order valence-corrected chi connectivity index (χ4v) is 2.47. The van der Waals surface area contributed by atoms with Crippen LogP contribution in [-0.2, 0) is 4.74 Å². The Morgan fingerprint density at radius 3 is 2.50 bits per heavy atom. The molecule has 0 saturated carbocycles. The molecule has 0 bridgehead atoms. The Bertz CT molecular complexity index is 631. The Hall–Kier alpha value is -2.33. The number of para-hydroxylation sites is 1. The van der Waals surface area contributed by atoms with Crippen LogP contribution < -0.4 is 10.3 Å². The topological polar surface area (TPSA) is 36.9 Å². The van der Waals surface area contributed by atoms with Crippen molar-refractivity contribution in [3.05, 3.63) is 59.7 Å². The fourth-order valence-electron chi connectivity index (χ4n) is 2.47. The number of rotatable bonds is 4. The monoisotopic (exact) mass is 295 g/mol. The van der Waals surface area contributed by atoms with Gasteiger partial charge in [0.05, 0.1) is 25.1 Å². The van der Waals surface area contributed by atoms with E-state index in [0.717, 1.165) is 37.6 Å². The maximum absolute atomic E-state index is 5.38. The van der Waals surface area contributed by atoms with Gasteiger partial charge in [0.25, 0.3) is 0 Å². The minimum Gasteiger partial charge on any atom is -0.378 e. The van der Waals surface area contributed by atoms with Crippen molar-refractivity contribution in [1.29, 1.82) is 0 Å². The summed E-state index contributed by atoms with van der Waals surface area (Å²) < 4.78 is 5.38. The lowest BCUT2D eigenvalue weighted by atomic mass is 10.2. The van der Waals surface area contributed by atoms with Gasteiger partial charge in [-0.15, -0.1) is 0 Å². The van der Waals surface area contributed by atoms with Crippen LogP contribution in [0.5, 0.6) is 0 Å². The van der Waals surface area contributed by atoms with Crippen molar-refractivity contribution < 1.29 is 4.74 Å². The molecule has 3 rings (SSSR count). The minimum atomic E-state index is 0.809. The molecule has 114 valence electrons. The van der Waals surface area contributed by atoms with E-state index in [4.69, 9.17) is 4.74 Å². The molecule has 22 heavy (non-hydrogen) atoms. The highest BCUT2D eigenvalue weighted by molar-refractivity contribution is 5.81. The molecule has 1 heterocycles. The highest BCUT2D eigenvalue weighted by Gasteiger charge is 2.10. The predicted octanol–water partition coefficient (Wildman–Crippen LogP) is 3.28. The Kier molecular flexibility index (Phi) is 4.71. The number of nitrogens with zero attached hydrogens (tertiary/aromatic N) is 2. The lowest BCUT2D eigenvalue weighted by Gasteiger charge is -2.28. The second-order valence-corrected chi connectivity index (χ2v) is 5.38. The smallest absolute Gasteiger partial charge is 0.0642 e. The Morgan fingerprint density at radius 2 is 1.77 bits per heavy atom. The quantitative estimate of drug-likeness (QED) is 0.695. The molecule has 0 aromatic heterocycles. The van der Waals surface area contributed by atoms with Crippen LogP contribution in [0.25, 0.3) is 0 Å². The second kappa shape index (κ2) is 7.09. The first kappa shape index (κ1) is 14.6. The van der Waals surface area contributed by atoms with E-state index in [1.807, 2.05) is 24.4 Å². The normalized spacial score (nSPS) is 15.2. The molecule has 0 spiro atoms. The first-order valence-electron chi connectivity index (χ1n) is 7.60. The summed E-state index contributed by atoms with van der Waals surface area (Å²) in [5, 5.41) is 4.31. The molecule has 0 radical (unpaired) electrons. The maximum atomic E-state index is 5.38. The van der Waals surface area contributed by atoms with Gasteiger partial charge in [-0.05, 0) is 36.2 Å². The van der Waals surface area contributed by atoms with Gasteiger partial charge in [-0.25, -0.2) is 0 Å². The van der Waals surface area contributed by atoms with E-state index < -0.39 is 0 Å². The molecule has 1 saturated heterocycles. The van der Waals surface area contributed by atoms with Gasteiger partial charge in [-0.2, -0.15) is 5.10 Å². The number of nitrogens with one attached hydrogen (secondary N) is 1. The highest BCUT2D eigenvalue weighted by atomic mass is 16.5. The van der Waals surface area contributed by atoms with Gasteiger partial charge in [-0.1, -0.05) is 30.3 Å². The minimum absolute atomic E-state index is 0.809. The van der Waals surface area contributed by atoms with Crippen LogP contribution >= 0.6 is 0 Å². The van der Waals surface area contributed by atoms with Crippen LogP contribution in [0.3, 0.4) is 0 Å². The third-order valence-corrected chi connectivity index (χ3v) is 3.81. The Balaban J connectivity index is 1.61. The first-order valence-corrected chi connectivity index (χ1v) is 7.60. The van der Waals surface area contributed by atoms with Crippen molar-refractivity contribution >= 4 is 17.6 Å². The van der Waals surface area contributed by atoms with E-state index in [1.54, 1.807) is 0 Å². The first-order chi connectivity index (χ1) is 10.8. The molecule has 2 aromatic rings. The third kappa shape index (κ3) is 3.65. The number of hydrogen-bond donors (Lipinski definition) is 1. The molecule has 0 atom stereocenters. The number of hydrazone groups is 1.